The number of amides is 1. The molecule has 0 aliphatic carbocycles. The highest BCUT2D eigenvalue weighted by Gasteiger charge is 2.13. The summed E-state index contributed by atoms with van der Waals surface area (Å²) in [7, 11) is 1.59. The Morgan fingerprint density at radius 2 is 1.66 bits per heavy atom. The molecule has 5 rings (SSSR count). The molecular weight excluding hydrogens is 474 g/mol. The fraction of sp³-hybridized carbons (Fsp3) is 0.0938. The number of methoxy groups -OCH3 is 1. The van der Waals surface area contributed by atoms with E-state index in [-0.39, 0.29) is 5.91 Å². The SMILES string of the molecule is COc1cc(/C=N/NC(=O)c2cc(-c3ccccc3)nc3ccccc23)ccc1OCc1ccc(C)cc1. The standard InChI is InChI=1S/C32H27N3O3/c1-22-12-14-23(15-13-22)21-38-30-17-16-24(18-31(30)37-2)20-33-35-32(36)27-19-29(25-8-4-3-5-9-25)34-28-11-7-6-10-26(27)28/h3-20H,21H2,1-2H3,(H,35,36)/b33-20+. The van der Waals surface area contributed by atoms with Gasteiger partial charge in [-0.1, -0.05) is 78.4 Å². The molecule has 5 aromatic rings. The van der Waals surface area contributed by atoms with Crippen molar-refractivity contribution in [2.24, 2.45) is 5.10 Å². The second kappa shape index (κ2) is 11.4. The van der Waals surface area contributed by atoms with Crippen LogP contribution in [0.4, 0.5) is 0 Å². The van der Waals surface area contributed by atoms with E-state index in [9.17, 15) is 4.79 Å². The van der Waals surface area contributed by atoms with Gasteiger partial charge in [-0.2, -0.15) is 5.10 Å². The number of ether oxygens (including phenoxy) is 2. The molecule has 1 aromatic heterocycles. The van der Waals surface area contributed by atoms with Crippen molar-refractivity contribution < 1.29 is 14.3 Å². The van der Waals surface area contributed by atoms with Gasteiger partial charge >= 0.3 is 0 Å². The minimum atomic E-state index is -0.318. The van der Waals surface area contributed by atoms with Crippen molar-refractivity contribution in [2.75, 3.05) is 7.11 Å². The molecule has 1 amide bonds. The summed E-state index contributed by atoms with van der Waals surface area (Å²) in [6, 6.07) is 32.9. The largest absolute Gasteiger partial charge is 0.493 e. The van der Waals surface area contributed by atoms with Crippen molar-refractivity contribution in [3.8, 4) is 22.8 Å². The molecule has 0 spiro atoms. The molecule has 6 heteroatoms. The van der Waals surface area contributed by atoms with Crippen LogP contribution in [0.3, 0.4) is 0 Å². The Bertz CT molecular complexity index is 1600. The Labute approximate surface area is 221 Å². The van der Waals surface area contributed by atoms with Crippen LogP contribution in [0, 0.1) is 6.92 Å². The van der Waals surface area contributed by atoms with Crippen LogP contribution in [0.5, 0.6) is 11.5 Å². The topological polar surface area (TPSA) is 72.8 Å². The lowest BCUT2D eigenvalue weighted by atomic mass is 10.0. The molecule has 188 valence electrons. The average molecular weight is 502 g/mol. The fourth-order valence-electron chi connectivity index (χ4n) is 4.07. The van der Waals surface area contributed by atoms with E-state index in [1.165, 1.54) is 5.56 Å². The van der Waals surface area contributed by atoms with E-state index in [2.05, 4.69) is 29.6 Å². The molecule has 38 heavy (non-hydrogen) atoms. The number of hydrogen-bond donors (Lipinski definition) is 1. The van der Waals surface area contributed by atoms with Crippen LogP contribution in [0.25, 0.3) is 22.2 Å². The van der Waals surface area contributed by atoms with E-state index in [4.69, 9.17) is 14.5 Å². The molecule has 0 atom stereocenters. The van der Waals surface area contributed by atoms with Gasteiger partial charge in [0, 0.05) is 10.9 Å². The Balaban J connectivity index is 1.31. The molecular formula is C32H27N3O3. The lowest BCUT2D eigenvalue weighted by Gasteiger charge is -2.11. The number of aryl methyl sites for hydroxylation is 1. The highest BCUT2D eigenvalue weighted by atomic mass is 16.5. The highest BCUT2D eigenvalue weighted by molar-refractivity contribution is 6.07. The summed E-state index contributed by atoms with van der Waals surface area (Å²) >= 11 is 0. The molecule has 0 fully saturated rings. The third kappa shape index (κ3) is 5.71. The first-order valence-corrected chi connectivity index (χ1v) is 12.3. The Hall–Kier alpha value is -4.97. The monoisotopic (exact) mass is 501 g/mol. The number of carbonyl (C=O) groups excluding carboxylic acids is 1. The molecule has 0 saturated carbocycles. The Morgan fingerprint density at radius 1 is 0.895 bits per heavy atom. The van der Waals surface area contributed by atoms with Crippen LogP contribution in [0.1, 0.15) is 27.0 Å². The van der Waals surface area contributed by atoms with Gasteiger partial charge in [-0.15, -0.1) is 0 Å². The predicted molar refractivity (Wildman–Crippen MR) is 151 cm³/mol. The van der Waals surface area contributed by atoms with Crippen LogP contribution in [-0.4, -0.2) is 24.2 Å². The minimum Gasteiger partial charge on any atom is -0.493 e. The molecule has 0 bridgehead atoms. The summed E-state index contributed by atoms with van der Waals surface area (Å²) in [5.74, 6) is 0.896. The number of nitrogens with one attached hydrogen (secondary N) is 1. The first-order valence-electron chi connectivity index (χ1n) is 12.3. The zero-order chi connectivity index (χ0) is 26.3. The number of carbonyl (C=O) groups is 1. The van der Waals surface area contributed by atoms with Gasteiger partial charge in [0.2, 0.25) is 0 Å². The van der Waals surface area contributed by atoms with Crippen LogP contribution in [0.15, 0.2) is 108 Å². The van der Waals surface area contributed by atoms with Gasteiger partial charge in [0.25, 0.3) is 5.91 Å². The van der Waals surface area contributed by atoms with Crippen molar-refractivity contribution in [1.82, 2.24) is 10.4 Å². The number of hydrogen-bond acceptors (Lipinski definition) is 5. The molecule has 0 aliphatic rings. The molecule has 0 radical (unpaired) electrons. The van der Waals surface area contributed by atoms with Gasteiger partial charge in [0.1, 0.15) is 6.61 Å². The molecule has 4 aromatic carbocycles. The van der Waals surface area contributed by atoms with E-state index in [0.717, 1.165) is 33.3 Å². The quantitative estimate of drug-likeness (QED) is 0.193. The normalized spacial score (nSPS) is 11.0. The fourth-order valence-corrected chi connectivity index (χ4v) is 4.07. The van der Waals surface area contributed by atoms with Crippen molar-refractivity contribution in [3.63, 3.8) is 0 Å². The third-order valence-corrected chi connectivity index (χ3v) is 6.11. The van der Waals surface area contributed by atoms with Crippen LogP contribution >= 0.6 is 0 Å². The molecule has 6 nitrogen and oxygen atoms in total. The average Bonchev–Trinajstić information content (AvgIpc) is 2.97. The van der Waals surface area contributed by atoms with E-state index in [1.54, 1.807) is 19.4 Å². The molecule has 1 heterocycles. The minimum absolute atomic E-state index is 0.318. The lowest BCUT2D eigenvalue weighted by Crippen LogP contribution is -2.18. The highest BCUT2D eigenvalue weighted by Crippen LogP contribution is 2.29. The third-order valence-electron chi connectivity index (χ3n) is 6.11. The first-order chi connectivity index (χ1) is 18.6. The molecule has 0 saturated heterocycles. The number of rotatable bonds is 8. The van der Waals surface area contributed by atoms with Gasteiger partial charge in [0.15, 0.2) is 11.5 Å². The summed E-state index contributed by atoms with van der Waals surface area (Å²) in [5.41, 5.74) is 8.60. The summed E-state index contributed by atoms with van der Waals surface area (Å²) in [6.45, 7) is 2.49. The molecule has 0 unspecified atom stereocenters. The molecule has 1 N–H and O–H groups in total. The first kappa shape index (κ1) is 24.7. The smallest absolute Gasteiger partial charge is 0.272 e. The van der Waals surface area contributed by atoms with Crippen molar-refractivity contribution in [2.45, 2.75) is 13.5 Å². The second-order valence-corrected chi connectivity index (χ2v) is 8.82. The van der Waals surface area contributed by atoms with E-state index >= 15 is 0 Å². The number of pyridine rings is 1. The number of fused-ring (bicyclic) bond motifs is 1. The van der Waals surface area contributed by atoms with Crippen molar-refractivity contribution in [1.29, 1.82) is 0 Å². The maximum absolute atomic E-state index is 13.2. The van der Waals surface area contributed by atoms with E-state index in [1.807, 2.05) is 84.9 Å². The van der Waals surface area contributed by atoms with Crippen LogP contribution < -0.4 is 14.9 Å². The maximum Gasteiger partial charge on any atom is 0.272 e. The van der Waals surface area contributed by atoms with Crippen molar-refractivity contribution in [3.05, 3.63) is 125 Å². The zero-order valence-electron chi connectivity index (χ0n) is 21.2. The summed E-state index contributed by atoms with van der Waals surface area (Å²) in [6.07, 6.45) is 1.58. The second-order valence-electron chi connectivity index (χ2n) is 8.82. The van der Waals surface area contributed by atoms with E-state index < -0.39 is 0 Å². The van der Waals surface area contributed by atoms with Gasteiger partial charge in [-0.25, -0.2) is 10.4 Å². The summed E-state index contributed by atoms with van der Waals surface area (Å²) < 4.78 is 11.5. The van der Waals surface area contributed by atoms with Gasteiger partial charge in [0.05, 0.1) is 30.1 Å². The van der Waals surface area contributed by atoms with Crippen molar-refractivity contribution >= 4 is 23.0 Å². The van der Waals surface area contributed by atoms with Gasteiger partial charge in [-0.05, 0) is 48.4 Å². The number of nitrogens with zero attached hydrogens (tertiary/aromatic N) is 2. The van der Waals surface area contributed by atoms with Gasteiger partial charge < -0.3 is 9.47 Å². The van der Waals surface area contributed by atoms with E-state index in [0.29, 0.717) is 23.7 Å². The lowest BCUT2D eigenvalue weighted by molar-refractivity contribution is 0.0956. The Kier molecular flexibility index (Phi) is 7.41. The maximum atomic E-state index is 13.2. The number of hydrazone groups is 1. The van der Waals surface area contributed by atoms with Crippen LogP contribution in [0.2, 0.25) is 0 Å². The number of para-hydroxylation sites is 1. The number of aromatic nitrogens is 1. The summed E-state index contributed by atoms with van der Waals surface area (Å²) in [5, 5.41) is 4.95. The Morgan fingerprint density at radius 3 is 2.45 bits per heavy atom. The molecule has 0 aliphatic heterocycles. The number of benzene rings is 4. The van der Waals surface area contributed by atoms with Crippen LogP contribution in [-0.2, 0) is 6.61 Å². The summed E-state index contributed by atoms with van der Waals surface area (Å²) in [4.78, 5) is 17.9. The zero-order valence-corrected chi connectivity index (χ0v) is 21.2. The van der Waals surface area contributed by atoms with Gasteiger partial charge in [-0.3, -0.25) is 4.79 Å². The predicted octanol–water partition coefficient (Wildman–Crippen LogP) is 6.56.